The van der Waals surface area contributed by atoms with Gasteiger partial charge in [0.1, 0.15) is 0 Å². The van der Waals surface area contributed by atoms with Gasteiger partial charge < -0.3 is 9.80 Å². The van der Waals surface area contributed by atoms with Gasteiger partial charge in [-0.15, -0.1) is 0 Å². The smallest absolute Gasteiger partial charge is 0.291 e. The summed E-state index contributed by atoms with van der Waals surface area (Å²) >= 11 is 0.335. The Balaban J connectivity index is 1.95. The summed E-state index contributed by atoms with van der Waals surface area (Å²) in [7, 11) is 5.74. The molecular weight excluding hydrogens is 382 g/mol. The van der Waals surface area contributed by atoms with E-state index in [1.165, 1.54) is 0 Å². The fourth-order valence-electron chi connectivity index (χ4n) is 2.89. The zero-order valence-electron chi connectivity index (χ0n) is 16.9. The van der Waals surface area contributed by atoms with Crippen molar-refractivity contribution >= 4 is 23.4 Å². The molecule has 0 fully saturated rings. The highest BCUT2D eigenvalue weighted by Crippen LogP contribution is 2.24. The molecule has 1 aromatic heterocycles. The van der Waals surface area contributed by atoms with Crippen LogP contribution < -0.4 is 4.90 Å². The summed E-state index contributed by atoms with van der Waals surface area (Å²) in [6, 6.07) is 8.08. The summed E-state index contributed by atoms with van der Waals surface area (Å²) in [5, 5.41) is 0.0679. The average molecular weight is 409 g/mol. The molecule has 0 aliphatic carbocycles. The number of alkyl halides is 2. The van der Waals surface area contributed by atoms with E-state index in [1.807, 2.05) is 43.3 Å². The molecule has 1 aromatic carbocycles. The number of halogens is 2. The summed E-state index contributed by atoms with van der Waals surface area (Å²) in [4.78, 5) is 24.5. The summed E-state index contributed by atoms with van der Waals surface area (Å²) < 4.78 is 25.0. The Kier molecular flexibility index (Phi) is 7.74. The van der Waals surface area contributed by atoms with Gasteiger partial charge >= 0.3 is 0 Å². The molecule has 0 bridgehead atoms. The first-order chi connectivity index (χ1) is 13.2. The van der Waals surface area contributed by atoms with Gasteiger partial charge in [0, 0.05) is 51.2 Å². The van der Waals surface area contributed by atoms with Crippen molar-refractivity contribution in [2.45, 2.75) is 44.1 Å². The summed E-state index contributed by atoms with van der Waals surface area (Å²) in [5.41, 5.74) is 4.30. The van der Waals surface area contributed by atoms with Crippen molar-refractivity contribution in [1.82, 2.24) is 14.9 Å². The fraction of sp³-hybridized carbons (Fsp3) is 0.450. The lowest BCUT2D eigenvalue weighted by Crippen LogP contribution is -2.26. The van der Waals surface area contributed by atoms with Crippen LogP contribution in [-0.4, -0.2) is 47.7 Å². The van der Waals surface area contributed by atoms with Crippen molar-refractivity contribution in [3.05, 3.63) is 46.8 Å². The molecule has 0 aliphatic heterocycles. The molecule has 1 amide bonds. The third kappa shape index (κ3) is 6.15. The molecule has 1 heterocycles. The van der Waals surface area contributed by atoms with Crippen LogP contribution in [0.2, 0.25) is 0 Å². The largest absolute Gasteiger partial charge is 0.378 e. The SMILES string of the molecule is Cc1nc(SC(F)F)nc(C)c1CCC(=O)N(C)Cc1ccc(N(C)C)cc1. The Bertz CT molecular complexity index is 789. The van der Waals surface area contributed by atoms with E-state index in [4.69, 9.17) is 0 Å². The van der Waals surface area contributed by atoms with Gasteiger partial charge in [0.05, 0.1) is 0 Å². The second kappa shape index (κ2) is 9.82. The van der Waals surface area contributed by atoms with Crippen LogP contribution in [0.1, 0.15) is 28.9 Å². The van der Waals surface area contributed by atoms with E-state index in [1.54, 1.807) is 25.8 Å². The van der Waals surface area contributed by atoms with Crippen LogP contribution in [0.15, 0.2) is 29.4 Å². The van der Waals surface area contributed by atoms with Gasteiger partial charge in [-0.25, -0.2) is 9.97 Å². The topological polar surface area (TPSA) is 49.3 Å². The molecule has 28 heavy (non-hydrogen) atoms. The second-order valence-corrected chi connectivity index (χ2v) is 7.80. The maximum Gasteiger partial charge on any atom is 0.291 e. The molecular formula is C20H26F2N4OS. The number of carbonyl (C=O) groups is 1. The Morgan fingerprint density at radius 2 is 1.64 bits per heavy atom. The third-order valence-corrected chi connectivity index (χ3v) is 5.05. The van der Waals surface area contributed by atoms with Crippen LogP contribution in [-0.2, 0) is 17.8 Å². The number of aryl methyl sites for hydroxylation is 2. The predicted octanol–water partition coefficient (Wildman–Crippen LogP) is 4.07. The average Bonchev–Trinajstić information content (AvgIpc) is 2.60. The number of amides is 1. The molecule has 2 rings (SSSR count). The maximum atomic E-state index is 12.5. The predicted molar refractivity (Wildman–Crippen MR) is 109 cm³/mol. The summed E-state index contributed by atoms with van der Waals surface area (Å²) in [6.45, 7) is 4.06. The van der Waals surface area contributed by atoms with Crippen molar-refractivity contribution < 1.29 is 13.6 Å². The standard InChI is InChI=1S/C20H26F2N4OS/c1-13-17(14(2)24-20(23-13)28-19(21)22)10-11-18(27)26(5)12-15-6-8-16(9-7-15)25(3)4/h6-9,19H,10-12H2,1-5H3. The number of nitrogens with zero attached hydrogens (tertiary/aromatic N) is 4. The minimum absolute atomic E-state index is 0.0153. The van der Waals surface area contributed by atoms with Crippen LogP contribution in [0, 0.1) is 13.8 Å². The van der Waals surface area contributed by atoms with E-state index in [9.17, 15) is 13.6 Å². The van der Waals surface area contributed by atoms with Crippen molar-refractivity contribution in [3.63, 3.8) is 0 Å². The number of benzene rings is 1. The van der Waals surface area contributed by atoms with Crippen molar-refractivity contribution in [2.75, 3.05) is 26.0 Å². The van der Waals surface area contributed by atoms with E-state index in [-0.39, 0.29) is 11.1 Å². The highest BCUT2D eigenvalue weighted by molar-refractivity contribution is 7.99. The van der Waals surface area contributed by atoms with Crippen molar-refractivity contribution in [1.29, 1.82) is 0 Å². The summed E-state index contributed by atoms with van der Waals surface area (Å²) in [5.74, 6) is -2.53. The van der Waals surface area contributed by atoms with Gasteiger partial charge in [-0.1, -0.05) is 12.1 Å². The lowest BCUT2D eigenvalue weighted by Gasteiger charge is -2.19. The molecule has 8 heteroatoms. The van der Waals surface area contributed by atoms with Crippen molar-refractivity contribution in [3.8, 4) is 0 Å². The number of thioether (sulfide) groups is 1. The second-order valence-electron chi connectivity index (χ2n) is 6.84. The Morgan fingerprint density at radius 3 is 2.14 bits per heavy atom. The zero-order chi connectivity index (χ0) is 20.8. The van der Waals surface area contributed by atoms with E-state index in [0.717, 1.165) is 16.8 Å². The Hall–Kier alpha value is -2.22. The van der Waals surface area contributed by atoms with Crippen molar-refractivity contribution in [2.24, 2.45) is 0 Å². The molecule has 0 saturated carbocycles. The number of hydrogen-bond donors (Lipinski definition) is 0. The quantitative estimate of drug-likeness (QED) is 0.487. The van der Waals surface area contributed by atoms with Gasteiger partial charge in [0.25, 0.3) is 5.76 Å². The molecule has 0 saturated heterocycles. The molecule has 0 aliphatic rings. The molecule has 5 nitrogen and oxygen atoms in total. The molecule has 0 radical (unpaired) electrons. The Labute approximate surface area is 169 Å². The number of aromatic nitrogens is 2. The van der Waals surface area contributed by atoms with Gasteiger partial charge in [-0.3, -0.25) is 4.79 Å². The van der Waals surface area contributed by atoms with Gasteiger partial charge in [-0.2, -0.15) is 8.78 Å². The van der Waals surface area contributed by atoms with Gasteiger partial charge in [0.2, 0.25) is 5.91 Å². The van der Waals surface area contributed by atoms with Crippen LogP contribution >= 0.6 is 11.8 Å². The molecule has 2 aromatic rings. The van der Waals surface area contributed by atoms with Crippen LogP contribution in [0.25, 0.3) is 0 Å². The molecule has 0 atom stereocenters. The lowest BCUT2D eigenvalue weighted by molar-refractivity contribution is -0.130. The van der Waals surface area contributed by atoms with Crippen LogP contribution in [0.4, 0.5) is 14.5 Å². The normalized spacial score (nSPS) is 11.0. The third-order valence-electron chi connectivity index (χ3n) is 4.48. The van der Waals surface area contributed by atoms with Crippen LogP contribution in [0.3, 0.4) is 0 Å². The van der Waals surface area contributed by atoms with Crippen LogP contribution in [0.5, 0.6) is 0 Å². The molecule has 0 spiro atoms. The van der Waals surface area contributed by atoms with E-state index >= 15 is 0 Å². The maximum absolute atomic E-state index is 12.5. The number of carbonyl (C=O) groups excluding carboxylic acids is 1. The highest BCUT2D eigenvalue weighted by Gasteiger charge is 2.15. The Morgan fingerprint density at radius 1 is 1.07 bits per heavy atom. The molecule has 0 unspecified atom stereocenters. The number of hydrogen-bond acceptors (Lipinski definition) is 5. The number of rotatable bonds is 8. The van der Waals surface area contributed by atoms with E-state index < -0.39 is 5.76 Å². The molecule has 152 valence electrons. The van der Waals surface area contributed by atoms with Gasteiger partial charge in [0.15, 0.2) is 5.16 Å². The van der Waals surface area contributed by atoms with E-state index in [0.29, 0.717) is 42.5 Å². The molecule has 0 N–H and O–H groups in total. The first-order valence-electron chi connectivity index (χ1n) is 8.96. The first-order valence-corrected chi connectivity index (χ1v) is 9.84. The lowest BCUT2D eigenvalue weighted by atomic mass is 10.1. The minimum atomic E-state index is -2.55. The van der Waals surface area contributed by atoms with Gasteiger partial charge in [-0.05, 0) is 55.3 Å². The highest BCUT2D eigenvalue weighted by atomic mass is 32.2. The first kappa shape index (κ1) is 22.1. The minimum Gasteiger partial charge on any atom is -0.378 e. The monoisotopic (exact) mass is 408 g/mol. The zero-order valence-corrected chi connectivity index (χ0v) is 17.7. The fourth-order valence-corrected chi connectivity index (χ4v) is 3.43. The summed E-state index contributed by atoms with van der Waals surface area (Å²) in [6.07, 6.45) is 0.804. The van der Waals surface area contributed by atoms with E-state index in [2.05, 4.69) is 9.97 Å². The number of anilines is 1.